The molecule has 4 aromatic carbocycles. The summed E-state index contributed by atoms with van der Waals surface area (Å²) in [6, 6.07) is 22.1. The third-order valence-electron chi connectivity index (χ3n) is 6.76. The van der Waals surface area contributed by atoms with Gasteiger partial charge in [-0.15, -0.1) is 0 Å². The van der Waals surface area contributed by atoms with E-state index in [0.29, 0.717) is 22.2 Å². The molecule has 9 nitrogen and oxygen atoms in total. The number of ether oxygens (including phenoxy) is 1. The Balaban J connectivity index is 1.41. The Morgan fingerprint density at radius 1 is 0.923 bits per heavy atom. The number of anilines is 1. The maximum absolute atomic E-state index is 13.5. The zero-order valence-corrected chi connectivity index (χ0v) is 21.4. The van der Waals surface area contributed by atoms with Crippen LogP contribution in [0.15, 0.2) is 78.9 Å². The molecule has 0 fully saturated rings. The van der Waals surface area contributed by atoms with Crippen molar-refractivity contribution >= 4 is 39.9 Å². The summed E-state index contributed by atoms with van der Waals surface area (Å²) in [4.78, 5) is 53.6. The molecule has 4 aromatic rings. The van der Waals surface area contributed by atoms with Crippen LogP contribution in [-0.4, -0.2) is 47.2 Å². The van der Waals surface area contributed by atoms with E-state index in [2.05, 4.69) is 0 Å². The molecule has 0 aliphatic carbocycles. The second-order valence-corrected chi connectivity index (χ2v) is 9.32. The van der Waals surface area contributed by atoms with Gasteiger partial charge in [0.05, 0.1) is 4.92 Å². The van der Waals surface area contributed by atoms with E-state index in [9.17, 15) is 24.5 Å². The molecule has 0 aromatic heterocycles. The highest BCUT2D eigenvalue weighted by molar-refractivity contribution is 6.25. The fourth-order valence-electron chi connectivity index (χ4n) is 4.92. The van der Waals surface area contributed by atoms with Crippen LogP contribution in [0.25, 0.3) is 10.8 Å². The third-order valence-corrected chi connectivity index (χ3v) is 6.76. The molecule has 9 heteroatoms. The van der Waals surface area contributed by atoms with Gasteiger partial charge in [0, 0.05) is 41.4 Å². The first kappa shape index (κ1) is 25.6. The number of amides is 3. The molecule has 196 valence electrons. The van der Waals surface area contributed by atoms with Gasteiger partial charge in [0.25, 0.3) is 17.7 Å². The standard InChI is InChI=1S/C30H25N3O6/c1-19-13-14-24(20(2)17-19)31(27(34)18-39-26-12-4-3-11-25(26)33(37)38)15-16-32-29(35)22-9-5-7-21-8-6-10-23(28(21)22)30(32)36/h3-14,17H,15-16,18H2,1-2H3. The minimum Gasteiger partial charge on any atom is -0.477 e. The number of imide groups is 1. The van der Waals surface area contributed by atoms with Crippen LogP contribution in [0, 0.1) is 24.0 Å². The molecule has 0 bridgehead atoms. The Hall–Kier alpha value is -5.05. The van der Waals surface area contributed by atoms with E-state index in [1.807, 2.05) is 38.1 Å². The largest absolute Gasteiger partial charge is 0.477 e. The molecule has 0 atom stereocenters. The normalized spacial score (nSPS) is 12.5. The van der Waals surface area contributed by atoms with Crippen molar-refractivity contribution in [3.8, 4) is 5.75 Å². The van der Waals surface area contributed by atoms with Crippen LogP contribution in [-0.2, 0) is 4.79 Å². The Labute approximate surface area is 224 Å². The van der Waals surface area contributed by atoms with Crippen LogP contribution in [0.4, 0.5) is 11.4 Å². The number of carbonyl (C=O) groups excluding carboxylic acids is 3. The van der Waals surface area contributed by atoms with E-state index in [4.69, 9.17) is 4.74 Å². The molecule has 1 aliphatic heterocycles. The fourth-order valence-corrected chi connectivity index (χ4v) is 4.92. The van der Waals surface area contributed by atoms with Gasteiger partial charge in [-0.05, 0) is 49.1 Å². The van der Waals surface area contributed by atoms with Crippen LogP contribution in [0.3, 0.4) is 0 Å². The van der Waals surface area contributed by atoms with Gasteiger partial charge < -0.3 is 9.64 Å². The molecule has 0 spiro atoms. The minimum absolute atomic E-state index is 0.0125. The summed E-state index contributed by atoms with van der Waals surface area (Å²) in [5.41, 5.74) is 3.04. The molecule has 0 saturated heterocycles. The highest BCUT2D eigenvalue weighted by atomic mass is 16.6. The molecule has 1 aliphatic rings. The van der Waals surface area contributed by atoms with Gasteiger partial charge in [-0.25, -0.2) is 0 Å². The van der Waals surface area contributed by atoms with E-state index in [-0.39, 0.29) is 24.5 Å². The first-order chi connectivity index (χ1) is 18.8. The molecule has 0 N–H and O–H groups in total. The zero-order chi connectivity index (χ0) is 27.7. The van der Waals surface area contributed by atoms with E-state index in [0.717, 1.165) is 21.4 Å². The molecule has 5 rings (SSSR count). The summed E-state index contributed by atoms with van der Waals surface area (Å²) in [5, 5.41) is 12.8. The number of carbonyl (C=O) groups is 3. The number of para-hydroxylation sites is 2. The van der Waals surface area contributed by atoms with E-state index in [1.54, 1.807) is 36.4 Å². The fraction of sp³-hybridized carbons (Fsp3) is 0.167. The quantitative estimate of drug-likeness (QED) is 0.181. The lowest BCUT2D eigenvalue weighted by atomic mass is 9.94. The molecular formula is C30H25N3O6. The van der Waals surface area contributed by atoms with Crippen LogP contribution in [0.5, 0.6) is 5.75 Å². The SMILES string of the molecule is Cc1ccc(N(CCN2C(=O)c3cccc4cccc(c34)C2=O)C(=O)COc2ccccc2[N+](=O)[O-])c(C)c1. The van der Waals surface area contributed by atoms with E-state index < -0.39 is 29.3 Å². The highest BCUT2D eigenvalue weighted by Crippen LogP contribution is 2.31. The number of hydrogen-bond donors (Lipinski definition) is 0. The lowest BCUT2D eigenvalue weighted by molar-refractivity contribution is -0.385. The van der Waals surface area contributed by atoms with Crippen LogP contribution in [0.1, 0.15) is 31.8 Å². The number of nitro benzene ring substituents is 1. The Kier molecular flexibility index (Phi) is 6.81. The average Bonchev–Trinajstić information content (AvgIpc) is 2.93. The molecule has 0 radical (unpaired) electrons. The molecule has 39 heavy (non-hydrogen) atoms. The lowest BCUT2D eigenvalue weighted by Crippen LogP contribution is -2.47. The van der Waals surface area contributed by atoms with Crippen molar-refractivity contribution in [1.82, 2.24) is 4.90 Å². The number of benzene rings is 4. The molecule has 0 unspecified atom stereocenters. The predicted molar refractivity (Wildman–Crippen MR) is 146 cm³/mol. The van der Waals surface area contributed by atoms with Gasteiger partial charge >= 0.3 is 5.69 Å². The van der Waals surface area contributed by atoms with Gasteiger partial charge in [0.15, 0.2) is 12.4 Å². The predicted octanol–water partition coefficient (Wildman–Crippen LogP) is 5.07. The molecule has 3 amide bonds. The molecular weight excluding hydrogens is 498 g/mol. The monoisotopic (exact) mass is 523 g/mol. The van der Waals surface area contributed by atoms with Gasteiger partial charge in [0.2, 0.25) is 0 Å². The maximum atomic E-state index is 13.5. The number of rotatable bonds is 8. The summed E-state index contributed by atoms with van der Waals surface area (Å²) in [7, 11) is 0. The van der Waals surface area contributed by atoms with Crippen molar-refractivity contribution in [3.05, 3.63) is 111 Å². The van der Waals surface area contributed by atoms with E-state index in [1.165, 1.54) is 23.1 Å². The van der Waals surface area contributed by atoms with E-state index >= 15 is 0 Å². The first-order valence-electron chi connectivity index (χ1n) is 12.4. The van der Waals surface area contributed by atoms with Crippen molar-refractivity contribution in [2.75, 3.05) is 24.6 Å². The van der Waals surface area contributed by atoms with Gasteiger partial charge in [-0.3, -0.25) is 29.4 Å². The zero-order valence-electron chi connectivity index (χ0n) is 21.4. The number of hydrogen-bond acceptors (Lipinski definition) is 6. The van der Waals surface area contributed by atoms with Crippen LogP contribution >= 0.6 is 0 Å². The van der Waals surface area contributed by atoms with Crippen molar-refractivity contribution in [3.63, 3.8) is 0 Å². The van der Waals surface area contributed by atoms with Gasteiger partial charge in [0.1, 0.15) is 0 Å². The topological polar surface area (TPSA) is 110 Å². The third kappa shape index (κ3) is 4.82. The van der Waals surface area contributed by atoms with Gasteiger partial charge in [-0.2, -0.15) is 0 Å². The summed E-state index contributed by atoms with van der Waals surface area (Å²) in [6.45, 7) is 3.29. The van der Waals surface area contributed by atoms with Crippen molar-refractivity contribution in [2.24, 2.45) is 0 Å². The maximum Gasteiger partial charge on any atom is 0.310 e. The summed E-state index contributed by atoms with van der Waals surface area (Å²) in [6.07, 6.45) is 0. The number of nitro groups is 1. The Morgan fingerprint density at radius 2 is 1.59 bits per heavy atom. The second kappa shape index (κ2) is 10.4. The Morgan fingerprint density at radius 3 is 2.23 bits per heavy atom. The second-order valence-electron chi connectivity index (χ2n) is 9.32. The van der Waals surface area contributed by atoms with Gasteiger partial charge in [-0.1, -0.05) is 54.1 Å². The summed E-state index contributed by atoms with van der Waals surface area (Å²) < 4.78 is 5.57. The first-order valence-corrected chi connectivity index (χ1v) is 12.4. The van der Waals surface area contributed by atoms with Crippen LogP contribution in [0.2, 0.25) is 0 Å². The minimum atomic E-state index is -0.576. The van der Waals surface area contributed by atoms with Crippen molar-refractivity contribution in [1.29, 1.82) is 0 Å². The smallest absolute Gasteiger partial charge is 0.310 e. The van der Waals surface area contributed by atoms with Crippen molar-refractivity contribution in [2.45, 2.75) is 13.8 Å². The number of aryl methyl sites for hydroxylation is 2. The molecule has 0 saturated carbocycles. The summed E-state index contributed by atoms with van der Waals surface area (Å²) >= 11 is 0. The highest BCUT2D eigenvalue weighted by Gasteiger charge is 2.33. The van der Waals surface area contributed by atoms with Crippen molar-refractivity contribution < 1.29 is 24.0 Å². The molecule has 1 heterocycles. The average molecular weight is 524 g/mol. The Bertz CT molecular complexity index is 1600. The summed E-state index contributed by atoms with van der Waals surface area (Å²) in [5.74, 6) is -1.34. The van der Waals surface area contributed by atoms with Crippen LogP contribution < -0.4 is 9.64 Å². The lowest BCUT2D eigenvalue weighted by Gasteiger charge is -2.30. The number of nitrogens with zero attached hydrogens (tertiary/aromatic N) is 3.